The van der Waals surface area contributed by atoms with E-state index >= 15 is 0 Å². The second kappa shape index (κ2) is 4.54. The van der Waals surface area contributed by atoms with E-state index in [1.165, 1.54) is 0 Å². The summed E-state index contributed by atoms with van der Waals surface area (Å²) in [5.74, 6) is 3.82. The van der Waals surface area contributed by atoms with Crippen LogP contribution in [0, 0.1) is 12.3 Å². The third-order valence-electron chi connectivity index (χ3n) is 1.96. The van der Waals surface area contributed by atoms with Crippen molar-refractivity contribution in [1.29, 1.82) is 0 Å². The molecule has 0 heterocycles. The van der Waals surface area contributed by atoms with Crippen molar-refractivity contribution >= 4 is 0 Å². The SMILES string of the molecule is C#CC(N)c1ccc(OC)cc1OC. The molecule has 14 heavy (non-hydrogen) atoms. The summed E-state index contributed by atoms with van der Waals surface area (Å²) in [5, 5.41) is 0. The molecule has 0 fully saturated rings. The van der Waals surface area contributed by atoms with Crippen molar-refractivity contribution < 1.29 is 9.47 Å². The molecule has 0 spiro atoms. The summed E-state index contributed by atoms with van der Waals surface area (Å²) < 4.78 is 10.2. The smallest absolute Gasteiger partial charge is 0.128 e. The van der Waals surface area contributed by atoms with Gasteiger partial charge in [-0.05, 0) is 12.1 Å². The highest BCUT2D eigenvalue weighted by Gasteiger charge is 2.09. The van der Waals surface area contributed by atoms with E-state index in [-0.39, 0.29) is 0 Å². The van der Waals surface area contributed by atoms with Gasteiger partial charge in [-0.15, -0.1) is 6.42 Å². The number of nitrogens with two attached hydrogens (primary N) is 1. The predicted molar refractivity (Wildman–Crippen MR) is 55.3 cm³/mol. The minimum Gasteiger partial charge on any atom is -0.497 e. The van der Waals surface area contributed by atoms with Crippen LogP contribution in [0.1, 0.15) is 11.6 Å². The van der Waals surface area contributed by atoms with Gasteiger partial charge in [-0.1, -0.05) is 5.92 Å². The Kier molecular flexibility index (Phi) is 3.38. The highest BCUT2D eigenvalue weighted by atomic mass is 16.5. The molecular formula is C11H13NO2. The molecule has 2 N–H and O–H groups in total. The summed E-state index contributed by atoms with van der Waals surface area (Å²) in [7, 11) is 3.16. The maximum Gasteiger partial charge on any atom is 0.128 e. The number of benzene rings is 1. The molecule has 1 aromatic carbocycles. The standard InChI is InChI=1S/C11H13NO2/c1-4-10(12)9-6-5-8(13-2)7-11(9)14-3/h1,5-7,10H,12H2,2-3H3. The lowest BCUT2D eigenvalue weighted by atomic mass is 10.1. The van der Waals surface area contributed by atoms with E-state index in [4.69, 9.17) is 21.6 Å². The molecule has 1 rings (SSSR count). The van der Waals surface area contributed by atoms with Crippen molar-refractivity contribution in [2.75, 3.05) is 14.2 Å². The number of ether oxygens (including phenoxy) is 2. The number of hydrogen-bond acceptors (Lipinski definition) is 3. The van der Waals surface area contributed by atoms with Crippen molar-refractivity contribution in [3.05, 3.63) is 23.8 Å². The maximum atomic E-state index is 5.71. The molecule has 0 bridgehead atoms. The minimum absolute atomic E-state index is 0.448. The number of hydrogen-bond donors (Lipinski definition) is 1. The first-order chi connectivity index (χ1) is 6.72. The first-order valence-electron chi connectivity index (χ1n) is 4.16. The quantitative estimate of drug-likeness (QED) is 0.733. The highest BCUT2D eigenvalue weighted by molar-refractivity contribution is 5.44. The van der Waals surface area contributed by atoms with Gasteiger partial charge in [0.25, 0.3) is 0 Å². The molecule has 3 heteroatoms. The van der Waals surface area contributed by atoms with Gasteiger partial charge in [0.2, 0.25) is 0 Å². The Morgan fingerprint density at radius 2 is 2.07 bits per heavy atom. The van der Waals surface area contributed by atoms with E-state index in [1.54, 1.807) is 26.4 Å². The van der Waals surface area contributed by atoms with Crippen LogP contribution in [0.25, 0.3) is 0 Å². The van der Waals surface area contributed by atoms with Gasteiger partial charge in [-0.2, -0.15) is 0 Å². The third-order valence-corrected chi connectivity index (χ3v) is 1.96. The summed E-state index contributed by atoms with van der Waals surface area (Å²) in [5.41, 5.74) is 6.49. The van der Waals surface area contributed by atoms with E-state index < -0.39 is 6.04 Å². The second-order valence-corrected chi connectivity index (χ2v) is 2.75. The monoisotopic (exact) mass is 191 g/mol. The summed E-state index contributed by atoms with van der Waals surface area (Å²) in [4.78, 5) is 0. The van der Waals surface area contributed by atoms with Crippen molar-refractivity contribution in [1.82, 2.24) is 0 Å². The zero-order valence-electron chi connectivity index (χ0n) is 8.28. The first-order valence-corrected chi connectivity index (χ1v) is 4.16. The summed E-state index contributed by atoms with van der Waals surface area (Å²) in [6, 6.07) is 4.92. The second-order valence-electron chi connectivity index (χ2n) is 2.75. The summed E-state index contributed by atoms with van der Waals surface area (Å²) >= 11 is 0. The van der Waals surface area contributed by atoms with Crippen LogP contribution in [0.3, 0.4) is 0 Å². The van der Waals surface area contributed by atoms with E-state index in [1.807, 2.05) is 6.07 Å². The van der Waals surface area contributed by atoms with Crippen molar-refractivity contribution in [3.63, 3.8) is 0 Å². The molecule has 0 saturated carbocycles. The molecule has 0 aliphatic carbocycles. The largest absolute Gasteiger partial charge is 0.497 e. The lowest BCUT2D eigenvalue weighted by Gasteiger charge is -2.12. The summed E-state index contributed by atoms with van der Waals surface area (Å²) in [6.07, 6.45) is 5.24. The Balaban J connectivity index is 3.12. The van der Waals surface area contributed by atoms with Gasteiger partial charge in [0.15, 0.2) is 0 Å². The molecule has 0 aliphatic rings. The molecular weight excluding hydrogens is 178 g/mol. The Morgan fingerprint density at radius 1 is 1.36 bits per heavy atom. The Bertz CT molecular complexity index is 355. The lowest BCUT2D eigenvalue weighted by Crippen LogP contribution is -2.08. The van der Waals surface area contributed by atoms with E-state index in [0.29, 0.717) is 5.75 Å². The Morgan fingerprint density at radius 3 is 2.57 bits per heavy atom. The molecule has 3 nitrogen and oxygen atoms in total. The Hall–Kier alpha value is -1.66. The van der Waals surface area contributed by atoms with Crippen molar-refractivity contribution in [2.45, 2.75) is 6.04 Å². The van der Waals surface area contributed by atoms with Crippen molar-refractivity contribution in [3.8, 4) is 23.8 Å². The number of methoxy groups -OCH3 is 2. The van der Waals surface area contributed by atoms with Crippen LogP contribution in [0.4, 0.5) is 0 Å². The minimum atomic E-state index is -0.448. The van der Waals surface area contributed by atoms with Crippen LogP contribution in [0.5, 0.6) is 11.5 Å². The van der Waals surface area contributed by atoms with Gasteiger partial charge in [0, 0.05) is 11.6 Å². The van der Waals surface area contributed by atoms with Gasteiger partial charge in [-0.3, -0.25) is 0 Å². The van der Waals surface area contributed by atoms with Gasteiger partial charge in [0.05, 0.1) is 20.3 Å². The van der Waals surface area contributed by atoms with Crippen molar-refractivity contribution in [2.24, 2.45) is 5.73 Å². The van der Waals surface area contributed by atoms with Gasteiger partial charge in [0.1, 0.15) is 11.5 Å². The Labute approximate surface area is 83.8 Å². The van der Waals surface area contributed by atoms with Crippen LogP contribution in [-0.4, -0.2) is 14.2 Å². The fraction of sp³-hybridized carbons (Fsp3) is 0.273. The zero-order chi connectivity index (χ0) is 10.6. The highest BCUT2D eigenvalue weighted by Crippen LogP contribution is 2.27. The van der Waals surface area contributed by atoms with Gasteiger partial charge in [-0.25, -0.2) is 0 Å². The molecule has 1 atom stereocenters. The maximum absolute atomic E-state index is 5.71. The molecule has 0 amide bonds. The number of rotatable bonds is 3. The topological polar surface area (TPSA) is 44.5 Å². The third kappa shape index (κ3) is 1.98. The van der Waals surface area contributed by atoms with Crippen LogP contribution < -0.4 is 15.2 Å². The molecule has 1 unspecified atom stereocenters. The van der Waals surface area contributed by atoms with Crippen LogP contribution in [-0.2, 0) is 0 Å². The molecule has 0 aliphatic heterocycles. The first kappa shape index (κ1) is 10.4. The fourth-order valence-electron chi connectivity index (χ4n) is 1.17. The van der Waals surface area contributed by atoms with Gasteiger partial charge < -0.3 is 15.2 Å². The average molecular weight is 191 g/mol. The average Bonchev–Trinajstić information content (AvgIpc) is 2.27. The fourth-order valence-corrected chi connectivity index (χ4v) is 1.17. The molecule has 0 radical (unpaired) electrons. The lowest BCUT2D eigenvalue weighted by molar-refractivity contribution is 0.390. The van der Waals surface area contributed by atoms with E-state index in [2.05, 4.69) is 5.92 Å². The normalized spacial score (nSPS) is 11.6. The van der Waals surface area contributed by atoms with E-state index in [9.17, 15) is 0 Å². The molecule has 0 saturated heterocycles. The zero-order valence-corrected chi connectivity index (χ0v) is 8.28. The van der Waals surface area contributed by atoms with Crippen LogP contribution in [0.15, 0.2) is 18.2 Å². The molecule has 1 aromatic rings. The van der Waals surface area contributed by atoms with Crippen LogP contribution in [0.2, 0.25) is 0 Å². The van der Waals surface area contributed by atoms with E-state index in [0.717, 1.165) is 11.3 Å². The molecule has 74 valence electrons. The predicted octanol–water partition coefficient (Wildman–Crippen LogP) is 1.34. The van der Waals surface area contributed by atoms with Gasteiger partial charge >= 0.3 is 0 Å². The van der Waals surface area contributed by atoms with Crippen LogP contribution >= 0.6 is 0 Å². The molecule has 0 aromatic heterocycles. The summed E-state index contributed by atoms with van der Waals surface area (Å²) in [6.45, 7) is 0. The number of terminal acetylenes is 1.